The van der Waals surface area contributed by atoms with Crippen molar-refractivity contribution in [2.45, 2.75) is 25.1 Å². The van der Waals surface area contributed by atoms with Crippen LogP contribution in [0.3, 0.4) is 0 Å². The molecule has 0 fully saturated rings. The molecule has 0 aliphatic rings. The van der Waals surface area contributed by atoms with Crippen LogP contribution >= 0.6 is 11.3 Å². The smallest absolute Gasteiger partial charge is 0.230 e. The summed E-state index contributed by atoms with van der Waals surface area (Å²) in [6.07, 6.45) is 1.26. The molecule has 1 N–H and O–H groups in total. The lowest BCUT2D eigenvalue weighted by molar-refractivity contribution is 0.394. The Morgan fingerprint density at radius 1 is 1.40 bits per heavy atom. The minimum Gasteiger partial charge on any atom is -0.480 e. The standard InChI is InChI=1S/C12H23N3O3S2/c1-12(2,20(6,16)17)8-13-7-9-10(18-5)14-11(19-9)15(3)4/h13H,7-8H2,1-6H3. The number of thiazole rings is 1. The lowest BCUT2D eigenvalue weighted by Crippen LogP contribution is -2.41. The molecule has 8 heteroatoms. The highest BCUT2D eigenvalue weighted by Gasteiger charge is 2.29. The fourth-order valence-corrected chi connectivity index (χ4v) is 2.68. The maximum Gasteiger partial charge on any atom is 0.230 e. The van der Waals surface area contributed by atoms with Crippen molar-refractivity contribution in [3.63, 3.8) is 0 Å². The van der Waals surface area contributed by atoms with Crippen LogP contribution in [0.15, 0.2) is 0 Å². The first-order chi connectivity index (χ1) is 9.08. The molecule has 0 aliphatic carbocycles. The van der Waals surface area contributed by atoms with Crippen LogP contribution in [-0.4, -0.2) is 52.2 Å². The van der Waals surface area contributed by atoms with E-state index in [1.54, 1.807) is 21.0 Å². The van der Waals surface area contributed by atoms with E-state index in [0.717, 1.165) is 10.0 Å². The third-order valence-electron chi connectivity index (χ3n) is 3.07. The Morgan fingerprint density at radius 3 is 2.45 bits per heavy atom. The molecular formula is C12H23N3O3S2. The molecule has 1 heterocycles. The Morgan fingerprint density at radius 2 is 2.00 bits per heavy atom. The van der Waals surface area contributed by atoms with E-state index in [0.29, 0.717) is 19.0 Å². The summed E-state index contributed by atoms with van der Waals surface area (Å²) in [5.41, 5.74) is 0. The largest absolute Gasteiger partial charge is 0.480 e. The van der Waals surface area contributed by atoms with E-state index in [1.807, 2.05) is 19.0 Å². The summed E-state index contributed by atoms with van der Waals surface area (Å²) >= 11 is 1.53. The number of methoxy groups -OCH3 is 1. The number of nitrogens with zero attached hydrogens (tertiary/aromatic N) is 2. The zero-order chi connectivity index (χ0) is 15.6. The first-order valence-electron chi connectivity index (χ1n) is 6.20. The number of ether oxygens (including phenoxy) is 1. The monoisotopic (exact) mass is 321 g/mol. The van der Waals surface area contributed by atoms with Gasteiger partial charge in [0.1, 0.15) is 0 Å². The number of aromatic nitrogens is 1. The number of hydrogen-bond acceptors (Lipinski definition) is 7. The number of sulfone groups is 1. The van der Waals surface area contributed by atoms with Crippen molar-refractivity contribution in [2.75, 3.05) is 38.9 Å². The van der Waals surface area contributed by atoms with Gasteiger partial charge in [0, 0.05) is 33.4 Å². The molecular weight excluding hydrogens is 298 g/mol. The Labute approximate surface area is 125 Å². The summed E-state index contributed by atoms with van der Waals surface area (Å²) in [6, 6.07) is 0. The maximum atomic E-state index is 11.6. The van der Waals surface area contributed by atoms with Crippen LogP contribution in [0.25, 0.3) is 0 Å². The fraction of sp³-hybridized carbons (Fsp3) is 0.750. The molecule has 0 aromatic carbocycles. The second-order valence-electron chi connectivity index (χ2n) is 5.46. The quantitative estimate of drug-likeness (QED) is 0.812. The van der Waals surface area contributed by atoms with Crippen LogP contribution in [0.2, 0.25) is 0 Å². The van der Waals surface area contributed by atoms with Crippen molar-refractivity contribution in [3.8, 4) is 5.88 Å². The summed E-state index contributed by atoms with van der Waals surface area (Å²) < 4.78 is 27.7. The van der Waals surface area contributed by atoms with Crippen molar-refractivity contribution < 1.29 is 13.2 Å². The third kappa shape index (κ3) is 4.07. The van der Waals surface area contributed by atoms with Crippen molar-refractivity contribution in [3.05, 3.63) is 4.88 Å². The summed E-state index contributed by atoms with van der Waals surface area (Å²) in [5, 5.41) is 4.03. The van der Waals surface area contributed by atoms with E-state index < -0.39 is 14.6 Å². The van der Waals surface area contributed by atoms with Gasteiger partial charge in [0.2, 0.25) is 5.88 Å². The summed E-state index contributed by atoms with van der Waals surface area (Å²) in [6.45, 7) is 4.34. The second kappa shape index (κ2) is 6.28. The van der Waals surface area contributed by atoms with Gasteiger partial charge in [-0.3, -0.25) is 0 Å². The molecule has 0 saturated heterocycles. The van der Waals surface area contributed by atoms with Crippen LogP contribution in [0, 0.1) is 0 Å². The minimum atomic E-state index is -3.09. The molecule has 0 atom stereocenters. The van der Waals surface area contributed by atoms with Crippen LogP contribution in [0.1, 0.15) is 18.7 Å². The SMILES string of the molecule is COc1nc(N(C)C)sc1CNCC(C)(C)S(C)(=O)=O. The van der Waals surface area contributed by atoms with Crippen LogP contribution in [0.4, 0.5) is 5.13 Å². The van der Waals surface area contributed by atoms with Crippen LogP contribution in [0.5, 0.6) is 5.88 Å². The predicted molar refractivity (Wildman–Crippen MR) is 83.6 cm³/mol. The Kier molecular flexibility index (Phi) is 5.39. The van der Waals surface area contributed by atoms with Gasteiger partial charge in [-0.2, -0.15) is 4.98 Å². The number of anilines is 1. The molecule has 0 radical (unpaired) electrons. The lowest BCUT2D eigenvalue weighted by atomic mass is 10.2. The molecule has 0 bridgehead atoms. The number of nitrogens with one attached hydrogen (secondary N) is 1. The highest BCUT2D eigenvalue weighted by atomic mass is 32.2. The van der Waals surface area contributed by atoms with E-state index in [-0.39, 0.29) is 0 Å². The van der Waals surface area contributed by atoms with Gasteiger partial charge in [-0.1, -0.05) is 11.3 Å². The van der Waals surface area contributed by atoms with E-state index in [9.17, 15) is 8.42 Å². The zero-order valence-corrected chi connectivity index (χ0v) is 14.5. The van der Waals surface area contributed by atoms with Gasteiger partial charge >= 0.3 is 0 Å². The molecule has 0 spiro atoms. The average Bonchev–Trinajstić information content (AvgIpc) is 2.70. The van der Waals surface area contributed by atoms with Gasteiger partial charge in [-0.05, 0) is 13.8 Å². The molecule has 1 rings (SSSR count). The van der Waals surface area contributed by atoms with E-state index in [2.05, 4.69) is 10.3 Å². The van der Waals surface area contributed by atoms with E-state index in [1.165, 1.54) is 17.6 Å². The van der Waals surface area contributed by atoms with Crippen LogP contribution < -0.4 is 15.0 Å². The first-order valence-corrected chi connectivity index (χ1v) is 8.90. The molecule has 0 saturated carbocycles. The third-order valence-corrected chi connectivity index (χ3v) is 6.42. The molecule has 20 heavy (non-hydrogen) atoms. The molecule has 0 unspecified atom stereocenters. The minimum absolute atomic E-state index is 0.379. The second-order valence-corrected chi connectivity index (χ2v) is 9.17. The Hall–Kier alpha value is -0.860. The molecule has 1 aromatic rings. The van der Waals surface area contributed by atoms with Crippen molar-refractivity contribution >= 4 is 26.3 Å². The average molecular weight is 321 g/mol. The lowest BCUT2D eigenvalue weighted by Gasteiger charge is -2.22. The summed E-state index contributed by atoms with van der Waals surface area (Å²) in [5.74, 6) is 0.586. The van der Waals surface area contributed by atoms with Gasteiger partial charge in [0.25, 0.3) is 0 Å². The zero-order valence-electron chi connectivity index (χ0n) is 12.8. The van der Waals surface area contributed by atoms with Gasteiger partial charge in [-0.25, -0.2) is 8.42 Å². The molecule has 6 nitrogen and oxygen atoms in total. The molecule has 1 aromatic heterocycles. The van der Waals surface area contributed by atoms with Gasteiger partial charge < -0.3 is 15.0 Å². The highest BCUT2D eigenvalue weighted by molar-refractivity contribution is 7.92. The van der Waals surface area contributed by atoms with Crippen molar-refractivity contribution in [1.82, 2.24) is 10.3 Å². The number of rotatable bonds is 7. The van der Waals surface area contributed by atoms with E-state index in [4.69, 9.17) is 4.74 Å². The summed E-state index contributed by atoms with van der Waals surface area (Å²) in [7, 11) is 2.32. The van der Waals surface area contributed by atoms with Gasteiger partial charge in [0.15, 0.2) is 15.0 Å². The summed E-state index contributed by atoms with van der Waals surface area (Å²) in [4.78, 5) is 7.23. The normalized spacial score (nSPS) is 12.5. The fourth-order valence-electron chi connectivity index (χ4n) is 1.40. The van der Waals surface area contributed by atoms with Gasteiger partial charge in [-0.15, -0.1) is 0 Å². The highest BCUT2D eigenvalue weighted by Crippen LogP contribution is 2.30. The molecule has 0 amide bonds. The predicted octanol–water partition coefficient (Wildman–Crippen LogP) is 1.13. The van der Waals surface area contributed by atoms with Crippen LogP contribution in [-0.2, 0) is 16.4 Å². The van der Waals surface area contributed by atoms with E-state index >= 15 is 0 Å². The van der Waals surface area contributed by atoms with Gasteiger partial charge in [0.05, 0.1) is 16.7 Å². The number of hydrogen-bond donors (Lipinski definition) is 1. The topological polar surface area (TPSA) is 71.5 Å². The Balaban J connectivity index is 2.71. The maximum absolute atomic E-state index is 11.6. The van der Waals surface area contributed by atoms with Crippen molar-refractivity contribution in [2.24, 2.45) is 0 Å². The first kappa shape index (κ1) is 17.2. The molecule has 116 valence electrons. The Bertz CT molecular complexity index is 550. The molecule has 0 aliphatic heterocycles. The van der Waals surface area contributed by atoms with Crippen molar-refractivity contribution in [1.29, 1.82) is 0 Å².